The highest BCUT2D eigenvalue weighted by Gasteiger charge is 2.36. The van der Waals surface area contributed by atoms with Crippen LogP contribution in [0, 0.1) is 12.8 Å². The summed E-state index contributed by atoms with van der Waals surface area (Å²) in [7, 11) is 0. The molecule has 1 aliphatic rings. The number of anilines is 1. The number of carbonyl (C=O) groups is 1. The van der Waals surface area contributed by atoms with Crippen molar-refractivity contribution in [1.29, 1.82) is 0 Å². The summed E-state index contributed by atoms with van der Waals surface area (Å²) in [4.78, 5) is 10.9. The van der Waals surface area contributed by atoms with Gasteiger partial charge in [-0.25, -0.2) is 0 Å². The van der Waals surface area contributed by atoms with Gasteiger partial charge in [0.2, 0.25) is 0 Å². The van der Waals surface area contributed by atoms with E-state index in [1.807, 2.05) is 25.1 Å². The molecule has 2 rings (SSSR count). The van der Waals surface area contributed by atoms with Gasteiger partial charge < -0.3 is 10.4 Å². The molecule has 2 atom stereocenters. The highest BCUT2D eigenvalue weighted by Crippen LogP contribution is 2.33. The molecule has 4 heteroatoms. The molecule has 1 aromatic rings. The van der Waals surface area contributed by atoms with E-state index in [9.17, 15) is 4.79 Å². The normalized spacial score (nSPS) is 23.6. The number of aryl methyl sites for hydroxylation is 1. The molecule has 2 unspecified atom stereocenters. The fraction of sp³-hybridized carbons (Fsp3) is 0.417. The summed E-state index contributed by atoms with van der Waals surface area (Å²) in [6.07, 6.45) is 1.70. The van der Waals surface area contributed by atoms with Crippen molar-refractivity contribution < 1.29 is 9.90 Å². The first-order chi connectivity index (χ1) is 7.58. The number of benzene rings is 1. The van der Waals surface area contributed by atoms with Gasteiger partial charge >= 0.3 is 5.97 Å². The highest BCUT2D eigenvalue weighted by molar-refractivity contribution is 9.10. The molecule has 86 valence electrons. The van der Waals surface area contributed by atoms with E-state index >= 15 is 0 Å². The Bertz CT molecular complexity index is 419. The topological polar surface area (TPSA) is 49.3 Å². The SMILES string of the molecule is Cc1ccc(NC2CCC2C(=O)O)c(Br)c1. The summed E-state index contributed by atoms with van der Waals surface area (Å²) in [6, 6.07) is 6.09. The Kier molecular flexibility index (Phi) is 3.19. The summed E-state index contributed by atoms with van der Waals surface area (Å²) in [5.41, 5.74) is 2.15. The Morgan fingerprint density at radius 3 is 2.75 bits per heavy atom. The molecule has 0 spiro atoms. The molecule has 1 aliphatic carbocycles. The largest absolute Gasteiger partial charge is 0.481 e. The predicted octanol–water partition coefficient (Wildman–Crippen LogP) is 3.03. The van der Waals surface area contributed by atoms with Gasteiger partial charge in [-0.05, 0) is 53.4 Å². The molecule has 0 saturated heterocycles. The monoisotopic (exact) mass is 283 g/mol. The van der Waals surface area contributed by atoms with Gasteiger partial charge in [0.15, 0.2) is 0 Å². The van der Waals surface area contributed by atoms with Gasteiger partial charge in [-0.1, -0.05) is 6.07 Å². The van der Waals surface area contributed by atoms with Gasteiger partial charge in [0, 0.05) is 16.2 Å². The van der Waals surface area contributed by atoms with E-state index in [0.29, 0.717) is 0 Å². The van der Waals surface area contributed by atoms with Crippen molar-refractivity contribution in [3.63, 3.8) is 0 Å². The zero-order chi connectivity index (χ0) is 11.7. The lowest BCUT2D eigenvalue weighted by atomic mass is 9.79. The molecule has 2 N–H and O–H groups in total. The van der Waals surface area contributed by atoms with Crippen LogP contribution in [0.1, 0.15) is 18.4 Å². The van der Waals surface area contributed by atoms with Crippen LogP contribution in [0.15, 0.2) is 22.7 Å². The first-order valence-electron chi connectivity index (χ1n) is 5.33. The van der Waals surface area contributed by atoms with Crippen molar-refractivity contribution in [2.24, 2.45) is 5.92 Å². The summed E-state index contributed by atoms with van der Waals surface area (Å²) < 4.78 is 0.989. The molecular weight excluding hydrogens is 270 g/mol. The Labute approximate surface area is 103 Å². The third-order valence-corrected chi connectivity index (χ3v) is 3.71. The molecule has 1 saturated carbocycles. The van der Waals surface area contributed by atoms with Crippen molar-refractivity contribution in [3.05, 3.63) is 28.2 Å². The lowest BCUT2D eigenvalue weighted by Gasteiger charge is -2.35. The Morgan fingerprint density at radius 1 is 1.50 bits per heavy atom. The van der Waals surface area contributed by atoms with Crippen LogP contribution >= 0.6 is 15.9 Å². The van der Waals surface area contributed by atoms with Gasteiger partial charge in [-0.3, -0.25) is 4.79 Å². The fourth-order valence-corrected chi connectivity index (χ4v) is 2.51. The first-order valence-corrected chi connectivity index (χ1v) is 6.12. The quantitative estimate of drug-likeness (QED) is 0.897. The van der Waals surface area contributed by atoms with Gasteiger partial charge in [0.05, 0.1) is 5.92 Å². The number of halogens is 1. The molecule has 0 amide bonds. The molecule has 1 aromatic carbocycles. The van der Waals surface area contributed by atoms with E-state index in [-0.39, 0.29) is 12.0 Å². The van der Waals surface area contributed by atoms with Gasteiger partial charge in [0.1, 0.15) is 0 Å². The predicted molar refractivity (Wildman–Crippen MR) is 66.6 cm³/mol. The Hall–Kier alpha value is -1.03. The van der Waals surface area contributed by atoms with Crippen LogP contribution in [0.4, 0.5) is 5.69 Å². The minimum Gasteiger partial charge on any atom is -0.481 e. The lowest BCUT2D eigenvalue weighted by Crippen LogP contribution is -2.43. The second-order valence-corrected chi connectivity index (χ2v) is 5.11. The molecule has 16 heavy (non-hydrogen) atoms. The number of hydrogen-bond acceptors (Lipinski definition) is 2. The Morgan fingerprint density at radius 2 is 2.25 bits per heavy atom. The number of carboxylic acids is 1. The van der Waals surface area contributed by atoms with E-state index in [0.717, 1.165) is 23.0 Å². The molecule has 0 heterocycles. The fourth-order valence-electron chi connectivity index (χ4n) is 1.91. The van der Waals surface area contributed by atoms with Crippen LogP contribution in [0.3, 0.4) is 0 Å². The minimum absolute atomic E-state index is 0.0662. The van der Waals surface area contributed by atoms with Gasteiger partial charge in [-0.2, -0.15) is 0 Å². The third-order valence-electron chi connectivity index (χ3n) is 3.06. The summed E-state index contributed by atoms with van der Waals surface area (Å²) in [5, 5.41) is 12.2. The molecule has 0 bridgehead atoms. The van der Waals surface area contributed by atoms with Crippen molar-refractivity contribution in [2.75, 3.05) is 5.32 Å². The smallest absolute Gasteiger partial charge is 0.308 e. The van der Waals surface area contributed by atoms with Crippen LogP contribution in [0.25, 0.3) is 0 Å². The van der Waals surface area contributed by atoms with E-state index in [2.05, 4.69) is 21.2 Å². The average molecular weight is 284 g/mol. The van der Waals surface area contributed by atoms with E-state index in [1.165, 1.54) is 5.56 Å². The zero-order valence-electron chi connectivity index (χ0n) is 9.03. The van der Waals surface area contributed by atoms with Crippen molar-refractivity contribution >= 4 is 27.6 Å². The van der Waals surface area contributed by atoms with Crippen molar-refractivity contribution in [1.82, 2.24) is 0 Å². The van der Waals surface area contributed by atoms with Crippen LogP contribution in [0.2, 0.25) is 0 Å². The standard InChI is InChI=1S/C12H14BrNO2/c1-7-2-4-11(9(13)6-7)14-10-5-3-8(10)12(15)16/h2,4,6,8,10,14H,3,5H2,1H3,(H,15,16). The van der Waals surface area contributed by atoms with Crippen LogP contribution < -0.4 is 5.32 Å². The van der Waals surface area contributed by atoms with Gasteiger partial charge in [-0.15, -0.1) is 0 Å². The second kappa shape index (κ2) is 4.45. The molecule has 0 aromatic heterocycles. The molecule has 0 radical (unpaired) electrons. The van der Waals surface area contributed by atoms with Crippen LogP contribution in [-0.4, -0.2) is 17.1 Å². The summed E-state index contributed by atoms with van der Waals surface area (Å²) >= 11 is 3.48. The average Bonchev–Trinajstić information content (AvgIpc) is 2.13. The molecular formula is C12H14BrNO2. The summed E-state index contributed by atoms with van der Waals surface area (Å²) in [5.74, 6) is -0.944. The minimum atomic E-state index is -0.702. The second-order valence-electron chi connectivity index (χ2n) is 4.26. The number of carboxylic acid groups (broad SMARTS) is 1. The van der Waals surface area contributed by atoms with Crippen molar-refractivity contribution in [2.45, 2.75) is 25.8 Å². The molecule has 0 aliphatic heterocycles. The first kappa shape index (κ1) is 11.5. The number of hydrogen-bond donors (Lipinski definition) is 2. The van der Waals surface area contributed by atoms with Gasteiger partial charge in [0.25, 0.3) is 0 Å². The maximum Gasteiger partial charge on any atom is 0.308 e. The summed E-state index contributed by atoms with van der Waals surface area (Å²) in [6.45, 7) is 2.03. The van der Waals surface area contributed by atoms with Crippen LogP contribution in [-0.2, 0) is 4.79 Å². The van der Waals surface area contributed by atoms with E-state index in [1.54, 1.807) is 0 Å². The highest BCUT2D eigenvalue weighted by atomic mass is 79.9. The van der Waals surface area contributed by atoms with E-state index < -0.39 is 5.97 Å². The van der Waals surface area contributed by atoms with Crippen molar-refractivity contribution in [3.8, 4) is 0 Å². The number of nitrogens with one attached hydrogen (secondary N) is 1. The lowest BCUT2D eigenvalue weighted by molar-refractivity contribution is -0.144. The van der Waals surface area contributed by atoms with E-state index in [4.69, 9.17) is 5.11 Å². The maximum absolute atomic E-state index is 10.9. The molecule has 1 fully saturated rings. The third kappa shape index (κ3) is 2.21. The maximum atomic E-state index is 10.9. The number of aliphatic carboxylic acids is 1. The Balaban J connectivity index is 2.07. The zero-order valence-corrected chi connectivity index (χ0v) is 10.6. The molecule has 3 nitrogen and oxygen atoms in total. The van der Waals surface area contributed by atoms with Crippen LogP contribution in [0.5, 0.6) is 0 Å². The number of rotatable bonds is 3.